The summed E-state index contributed by atoms with van der Waals surface area (Å²) >= 11 is -5.77. The Labute approximate surface area is 96.3 Å². The van der Waals surface area contributed by atoms with Crippen molar-refractivity contribution < 1.29 is 30.0 Å². The Morgan fingerprint density at radius 2 is 1.44 bits per heavy atom. The van der Waals surface area contributed by atoms with Gasteiger partial charge in [-0.2, -0.15) is 16.4 Å². The third kappa shape index (κ3) is 3.87. The van der Waals surface area contributed by atoms with Crippen LogP contribution in [0.5, 0.6) is 0 Å². The van der Waals surface area contributed by atoms with E-state index in [1.165, 1.54) is 24.3 Å². The molecule has 0 spiro atoms. The van der Waals surface area contributed by atoms with E-state index in [1.54, 1.807) is 6.07 Å². The van der Waals surface area contributed by atoms with E-state index in [0.29, 0.717) is 0 Å². The van der Waals surface area contributed by atoms with E-state index in [-0.39, 0.29) is 5.30 Å². The first-order valence-electron chi connectivity index (χ1n) is 3.71. The van der Waals surface area contributed by atoms with Crippen LogP contribution in [0.4, 0.5) is 0 Å². The molecule has 0 fully saturated rings. The van der Waals surface area contributed by atoms with E-state index >= 15 is 0 Å². The van der Waals surface area contributed by atoms with Gasteiger partial charge < -0.3 is 0 Å². The smallest absolute Gasteiger partial charge is 0.284 e. The van der Waals surface area contributed by atoms with Crippen LogP contribution in [-0.4, -0.2) is 17.5 Å². The lowest BCUT2D eigenvalue weighted by Gasteiger charge is -2.12. The van der Waals surface area contributed by atoms with E-state index in [1.807, 2.05) is 0 Å². The normalized spacial score (nSPS) is 18.6. The predicted octanol–water partition coefficient (Wildman–Crippen LogP) is 0.812. The molecule has 0 saturated heterocycles. The van der Waals surface area contributed by atoms with Crippen molar-refractivity contribution in [2.24, 2.45) is 0 Å². The maximum Gasteiger partial charge on any atom is 0.390 e. The Morgan fingerprint density at radius 3 is 1.81 bits per heavy atom. The summed E-state index contributed by atoms with van der Waals surface area (Å²) < 4.78 is 58.0. The maximum absolute atomic E-state index is 11.9. The average molecular weight is 286 g/mol. The van der Waals surface area contributed by atoms with E-state index in [4.69, 9.17) is 9.11 Å². The molecule has 2 unspecified atom stereocenters. The molecule has 0 heterocycles. The van der Waals surface area contributed by atoms with Crippen LogP contribution in [0.3, 0.4) is 0 Å². The molecule has 1 rings (SSSR count). The fourth-order valence-electron chi connectivity index (χ4n) is 0.877. The second-order valence-corrected chi connectivity index (χ2v) is 5.99. The molecular formula is C6H7O7PS2. The number of hydrogen-bond donors (Lipinski definition) is 2. The Hall–Kier alpha value is -0.410. The molecule has 0 aromatic heterocycles. The van der Waals surface area contributed by atoms with Crippen LogP contribution in [0.2, 0.25) is 0 Å². The summed E-state index contributed by atoms with van der Waals surface area (Å²) in [6, 6.07) is 7.09. The molecule has 0 aliphatic carbocycles. The summed E-state index contributed by atoms with van der Waals surface area (Å²) in [5.41, 5.74) is 0. The average Bonchev–Trinajstić information content (AvgIpc) is 2.16. The van der Waals surface area contributed by atoms with Crippen LogP contribution in [0.25, 0.3) is 0 Å². The van der Waals surface area contributed by atoms with Gasteiger partial charge in [0.05, 0.1) is 5.30 Å². The van der Waals surface area contributed by atoms with Gasteiger partial charge in [-0.05, 0) is 12.1 Å². The van der Waals surface area contributed by atoms with E-state index < -0.39 is 30.3 Å². The highest BCUT2D eigenvalue weighted by molar-refractivity contribution is 7.87. The summed E-state index contributed by atoms with van der Waals surface area (Å²) in [5, 5.41) is -0.0974. The molecule has 0 amide bonds. The van der Waals surface area contributed by atoms with Gasteiger partial charge in [-0.15, -0.1) is 0 Å². The molecule has 0 aliphatic rings. The Balaban J connectivity index is 3.09. The van der Waals surface area contributed by atoms with Gasteiger partial charge in [0.15, 0.2) is 0 Å². The quantitative estimate of drug-likeness (QED) is 0.608. The summed E-state index contributed by atoms with van der Waals surface area (Å²) in [6.45, 7) is 0. The van der Waals surface area contributed by atoms with Gasteiger partial charge in [-0.25, -0.2) is 0 Å². The van der Waals surface area contributed by atoms with Crippen LogP contribution in [0, 0.1) is 0 Å². The molecule has 2 atom stereocenters. The predicted molar refractivity (Wildman–Crippen MR) is 57.4 cm³/mol. The third-order valence-corrected chi connectivity index (χ3v) is 4.92. The van der Waals surface area contributed by atoms with E-state index in [2.05, 4.69) is 7.94 Å². The number of hydrogen-bond acceptors (Lipinski definition) is 5. The molecule has 1 aromatic carbocycles. The molecule has 90 valence electrons. The molecule has 0 radical (unpaired) electrons. The second-order valence-electron chi connectivity index (χ2n) is 2.42. The van der Waals surface area contributed by atoms with Crippen molar-refractivity contribution in [1.29, 1.82) is 0 Å². The number of benzene rings is 1. The first kappa shape index (κ1) is 13.7. The van der Waals surface area contributed by atoms with Crippen molar-refractivity contribution in [2.45, 2.75) is 0 Å². The van der Waals surface area contributed by atoms with Crippen LogP contribution in [0.15, 0.2) is 30.3 Å². The van der Waals surface area contributed by atoms with Crippen LogP contribution in [0.1, 0.15) is 0 Å². The summed E-state index contributed by atoms with van der Waals surface area (Å²) in [6.07, 6.45) is 0. The highest BCUT2D eigenvalue weighted by atomic mass is 32.2. The Kier molecular flexibility index (Phi) is 4.93. The molecule has 2 N–H and O–H groups in total. The second kappa shape index (κ2) is 5.78. The SMILES string of the molecule is O=S(O)OP(=O)(OS(=O)O)c1ccccc1. The zero-order valence-corrected chi connectivity index (χ0v) is 10.1. The van der Waals surface area contributed by atoms with Crippen molar-refractivity contribution in [3.63, 3.8) is 0 Å². The fourth-order valence-corrected chi connectivity index (χ4v) is 3.77. The van der Waals surface area contributed by atoms with Crippen molar-refractivity contribution in [3.05, 3.63) is 30.3 Å². The molecular weight excluding hydrogens is 279 g/mol. The fraction of sp³-hybridized carbons (Fsp3) is 0. The lowest BCUT2D eigenvalue weighted by atomic mass is 10.4. The topological polar surface area (TPSA) is 110 Å². The van der Waals surface area contributed by atoms with Crippen molar-refractivity contribution >= 4 is 35.6 Å². The van der Waals surface area contributed by atoms with Gasteiger partial charge in [0, 0.05) is 0 Å². The summed E-state index contributed by atoms with van der Waals surface area (Å²) in [4.78, 5) is 0. The summed E-state index contributed by atoms with van der Waals surface area (Å²) in [7, 11) is -4.28. The van der Waals surface area contributed by atoms with E-state index in [0.717, 1.165) is 0 Å². The molecule has 1 aromatic rings. The van der Waals surface area contributed by atoms with Crippen LogP contribution >= 0.6 is 7.60 Å². The third-order valence-electron chi connectivity index (χ3n) is 1.40. The Bertz CT molecular complexity index is 427. The molecule has 16 heavy (non-hydrogen) atoms. The molecule has 7 nitrogen and oxygen atoms in total. The minimum absolute atomic E-state index is 0.0974. The van der Waals surface area contributed by atoms with Crippen LogP contribution in [-0.2, 0) is 35.2 Å². The minimum Gasteiger partial charge on any atom is -0.284 e. The molecule has 10 heteroatoms. The van der Waals surface area contributed by atoms with Crippen molar-refractivity contribution in [1.82, 2.24) is 0 Å². The monoisotopic (exact) mass is 286 g/mol. The van der Waals surface area contributed by atoms with Gasteiger partial charge in [0.25, 0.3) is 0 Å². The van der Waals surface area contributed by atoms with Gasteiger partial charge in [-0.3, -0.25) is 13.7 Å². The lowest BCUT2D eigenvalue weighted by molar-refractivity contribution is 0.376. The standard InChI is InChI=1S/C6H7O7PS2/c7-14(12-15(8)9,13-16(10)11)6-4-2-1-3-5-6/h1-5H,(H,8,9)(H,10,11). The first-order chi connectivity index (χ1) is 7.44. The molecule has 0 saturated carbocycles. The minimum atomic E-state index is -4.28. The molecule has 0 aliphatic heterocycles. The Morgan fingerprint density at radius 1 is 1.00 bits per heavy atom. The van der Waals surface area contributed by atoms with Crippen molar-refractivity contribution in [2.75, 3.05) is 0 Å². The van der Waals surface area contributed by atoms with Crippen molar-refractivity contribution in [3.8, 4) is 0 Å². The van der Waals surface area contributed by atoms with Gasteiger partial charge in [0.2, 0.25) is 0 Å². The van der Waals surface area contributed by atoms with Gasteiger partial charge >= 0.3 is 30.3 Å². The lowest BCUT2D eigenvalue weighted by Crippen LogP contribution is -2.12. The largest absolute Gasteiger partial charge is 0.390 e. The van der Waals surface area contributed by atoms with E-state index in [9.17, 15) is 13.0 Å². The summed E-state index contributed by atoms with van der Waals surface area (Å²) in [5.74, 6) is 0. The van der Waals surface area contributed by atoms with Gasteiger partial charge in [0.1, 0.15) is 0 Å². The van der Waals surface area contributed by atoms with Crippen LogP contribution < -0.4 is 5.30 Å². The highest BCUT2D eigenvalue weighted by Crippen LogP contribution is 2.48. The zero-order valence-electron chi connectivity index (χ0n) is 7.59. The maximum atomic E-state index is 11.9. The molecule has 0 bridgehead atoms. The zero-order chi connectivity index (χ0) is 12.2. The van der Waals surface area contributed by atoms with Gasteiger partial charge in [-0.1, -0.05) is 18.2 Å². The number of rotatable bonds is 5. The highest BCUT2D eigenvalue weighted by Gasteiger charge is 2.33. The first-order valence-corrected chi connectivity index (χ1v) is 7.32.